The molecule has 1 N–H and O–H groups in total. The summed E-state index contributed by atoms with van der Waals surface area (Å²) in [4.78, 5) is 14.1. The van der Waals surface area contributed by atoms with Crippen LogP contribution in [0.25, 0.3) is 0 Å². The number of benzene rings is 1. The number of halogens is 1. The van der Waals surface area contributed by atoms with Gasteiger partial charge in [-0.2, -0.15) is 0 Å². The second-order valence-electron chi connectivity index (χ2n) is 5.69. The van der Waals surface area contributed by atoms with E-state index in [0.717, 1.165) is 15.8 Å². The number of nitrogens with one attached hydrogen (secondary N) is 1. The van der Waals surface area contributed by atoms with Crippen molar-refractivity contribution >= 4 is 21.8 Å². The molecule has 4 nitrogen and oxygen atoms in total. The fourth-order valence-corrected chi connectivity index (χ4v) is 2.34. The van der Waals surface area contributed by atoms with E-state index in [1.54, 1.807) is 7.11 Å². The monoisotopic (exact) mass is 356 g/mol. The largest absolute Gasteiger partial charge is 0.496 e. The number of rotatable bonds is 7. The number of hydrogen-bond acceptors (Lipinski definition) is 3. The number of carbonyl (C=O) groups is 1. The van der Waals surface area contributed by atoms with Gasteiger partial charge in [-0.15, -0.1) is 0 Å². The fourth-order valence-electron chi connectivity index (χ4n) is 1.93. The van der Waals surface area contributed by atoms with Crippen LogP contribution in [0.4, 0.5) is 0 Å². The van der Waals surface area contributed by atoms with E-state index in [4.69, 9.17) is 4.74 Å². The first-order valence-electron chi connectivity index (χ1n) is 7.15. The molecule has 1 rings (SSSR count). The first-order valence-corrected chi connectivity index (χ1v) is 7.94. The van der Waals surface area contributed by atoms with E-state index in [9.17, 15) is 4.79 Å². The molecular weight excluding hydrogens is 332 g/mol. The maximum atomic E-state index is 12.1. The van der Waals surface area contributed by atoms with Crippen molar-refractivity contribution in [2.45, 2.75) is 33.4 Å². The lowest BCUT2D eigenvalue weighted by molar-refractivity contribution is -0.125. The van der Waals surface area contributed by atoms with Gasteiger partial charge in [0, 0.05) is 23.1 Å². The van der Waals surface area contributed by atoms with E-state index in [2.05, 4.69) is 35.1 Å². The van der Waals surface area contributed by atoms with Crippen LogP contribution in [0, 0.1) is 5.92 Å². The molecule has 0 spiro atoms. The van der Waals surface area contributed by atoms with Gasteiger partial charge in [-0.05, 0) is 38.1 Å². The molecule has 0 bridgehead atoms. The van der Waals surface area contributed by atoms with Gasteiger partial charge in [-0.1, -0.05) is 29.8 Å². The molecule has 0 aliphatic rings. The van der Waals surface area contributed by atoms with Crippen molar-refractivity contribution in [2.75, 3.05) is 20.7 Å². The highest BCUT2D eigenvalue weighted by Gasteiger charge is 2.19. The molecule has 0 unspecified atom stereocenters. The Kier molecular flexibility index (Phi) is 7.18. The first-order chi connectivity index (χ1) is 9.85. The maximum Gasteiger partial charge on any atom is 0.237 e. The van der Waals surface area contributed by atoms with E-state index in [0.29, 0.717) is 19.0 Å². The minimum Gasteiger partial charge on any atom is -0.496 e. The van der Waals surface area contributed by atoms with Gasteiger partial charge in [-0.3, -0.25) is 9.69 Å². The maximum absolute atomic E-state index is 12.1. The van der Waals surface area contributed by atoms with Gasteiger partial charge in [0.2, 0.25) is 5.91 Å². The van der Waals surface area contributed by atoms with Gasteiger partial charge in [0.15, 0.2) is 0 Å². The lowest BCUT2D eigenvalue weighted by Gasteiger charge is -2.25. The highest BCUT2D eigenvalue weighted by molar-refractivity contribution is 9.10. The number of ether oxygens (including phenoxy) is 1. The zero-order chi connectivity index (χ0) is 16.0. The summed E-state index contributed by atoms with van der Waals surface area (Å²) < 4.78 is 6.38. The smallest absolute Gasteiger partial charge is 0.237 e. The summed E-state index contributed by atoms with van der Waals surface area (Å²) in [5.74, 6) is 1.34. The Labute approximate surface area is 136 Å². The van der Waals surface area contributed by atoms with Gasteiger partial charge in [0.05, 0.1) is 13.2 Å². The van der Waals surface area contributed by atoms with Crippen LogP contribution >= 0.6 is 15.9 Å². The van der Waals surface area contributed by atoms with E-state index in [-0.39, 0.29) is 11.9 Å². The molecule has 0 saturated carbocycles. The predicted octanol–water partition coefficient (Wildman–Crippen LogP) is 3.05. The molecule has 0 saturated heterocycles. The Bertz CT molecular complexity index is 477. The third-order valence-electron chi connectivity index (χ3n) is 3.39. The quantitative estimate of drug-likeness (QED) is 0.816. The normalized spacial score (nSPS) is 12.6. The SMILES string of the molecule is COc1ccc(Br)cc1CN(C)[C@H](C)C(=O)NCC(C)C. The van der Waals surface area contributed by atoms with Crippen LogP contribution in [-0.2, 0) is 11.3 Å². The van der Waals surface area contributed by atoms with Gasteiger partial charge in [-0.25, -0.2) is 0 Å². The van der Waals surface area contributed by atoms with E-state index in [1.165, 1.54) is 0 Å². The average Bonchev–Trinajstić information content (AvgIpc) is 2.44. The molecule has 1 amide bonds. The first kappa shape index (κ1) is 18.0. The summed E-state index contributed by atoms with van der Waals surface area (Å²) >= 11 is 3.47. The average molecular weight is 357 g/mol. The summed E-state index contributed by atoms with van der Waals surface area (Å²) in [6, 6.07) is 5.71. The summed E-state index contributed by atoms with van der Waals surface area (Å²) in [7, 11) is 3.60. The number of amides is 1. The van der Waals surface area contributed by atoms with Gasteiger partial charge >= 0.3 is 0 Å². The van der Waals surface area contributed by atoms with Gasteiger partial charge in [0.1, 0.15) is 5.75 Å². The van der Waals surface area contributed by atoms with Gasteiger partial charge in [0.25, 0.3) is 0 Å². The number of likely N-dealkylation sites (N-methyl/N-ethyl adjacent to an activating group) is 1. The van der Waals surface area contributed by atoms with Crippen molar-refractivity contribution in [1.29, 1.82) is 0 Å². The predicted molar refractivity (Wildman–Crippen MR) is 89.5 cm³/mol. The molecular formula is C16H25BrN2O2. The molecule has 0 heterocycles. The highest BCUT2D eigenvalue weighted by Crippen LogP contribution is 2.24. The molecule has 0 aliphatic heterocycles. The van der Waals surface area contributed by atoms with Crippen LogP contribution in [0.1, 0.15) is 26.3 Å². The molecule has 1 aromatic carbocycles. The van der Waals surface area contributed by atoms with E-state index in [1.807, 2.05) is 37.1 Å². The summed E-state index contributed by atoms with van der Waals surface area (Å²) in [6.45, 7) is 7.44. The number of nitrogens with zero attached hydrogens (tertiary/aromatic N) is 1. The van der Waals surface area contributed by atoms with Crippen molar-refractivity contribution < 1.29 is 9.53 Å². The van der Waals surface area contributed by atoms with Crippen LogP contribution in [0.15, 0.2) is 22.7 Å². The number of hydrogen-bond donors (Lipinski definition) is 1. The van der Waals surface area contributed by atoms with E-state index >= 15 is 0 Å². The minimum absolute atomic E-state index is 0.0557. The molecule has 5 heteroatoms. The topological polar surface area (TPSA) is 41.6 Å². The van der Waals surface area contributed by atoms with Crippen molar-refractivity contribution in [3.8, 4) is 5.75 Å². The lowest BCUT2D eigenvalue weighted by Crippen LogP contribution is -2.43. The summed E-state index contributed by atoms with van der Waals surface area (Å²) in [6.07, 6.45) is 0. The van der Waals surface area contributed by atoms with Crippen molar-refractivity contribution in [3.63, 3.8) is 0 Å². The number of methoxy groups -OCH3 is 1. The molecule has 0 aliphatic carbocycles. The molecule has 0 fully saturated rings. The Morgan fingerprint density at radius 3 is 2.62 bits per heavy atom. The Hall–Kier alpha value is -1.07. The minimum atomic E-state index is -0.188. The summed E-state index contributed by atoms with van der Waals surface area (Å²) in [5, 5.41) is 2.97. The zero-order valence-electron chi connectivity index (χ0n) is 13.4. The lowest BCUT2D eigenvalue weighted by atomic mass is 10.1. The second-order valence-corrected chi connectivity index (χ2v) is 6.60. The molecule has 0 radical (unpaired) electrons. The highest BCUT2D eigenvalue weighted by atomic mass is 79.9. The number of carbonyl (C=O) groups excluding carboxylic acids is 1. The van der Waals surface area contributed by atoms with Crippen LogP contribution in [0.5, 0.6) is 5.75 Å². The Morgan fingerprint density at radius 2 is 2.05 bits per heavy atom. The van der Waals surface area contributed by atoms with Crippen LogP contribution in [0.3, 0.4) is 0 Å². The summed E-state index contributed by atoms with van der Waals surface area (Å²) in [5.41, 5.74) is 1.05. The zero-order valence-corrected chi connectivity index (χ0v) is 15.0. The second kappa shape index (κ2) is 8.39. The molecule has 118 valence electrons. The van der Waals surface area contributed by atoms with Gasteiger partial charge < -0.3 is 10.1 Å². The standard InChI is InChI=1S/C16H25BrN2O2/c1-11(2)9-18-16(20)12(3)19(4)10-13-8-14(17)6-7-15(13)21-5/h6-8,11-12H,9-10H2,1-5H3,(H,18,20)/t12-/m1/s1. The van der Waals surface area contributed by atoms with Crippen LogP contribution in [0.2, 0.25) is 0 Å². The molecule has 1 atom stereocenters. The molecule has 1 aromatic rings. The fraction of sp³-hybridized carbons (Fsp3) is 0.562. The van der Waals surface area contributed by atoms with Crippen molar-refractivity contribution in [1.82, 2.24) is 10.2 Å². The van der Waals surface area contributed by atoms with Crippen molar-refractivity contribution in [2.24, 2.45) is 5.92 Å². The van der Waals surface area contributed by atoms with Crippen LogP contribution < -0.4 is 10.1 Å². The molecule has 21 heavy (non-hydrogen) atoms. The molecule has 0 aromatic heterocycles. The Balaban J connectivity index is 2.69. The van der Waals surface area contributed by atoms with E-state index < -0.39 is 0 Å². The third-order valence-corrected chi connectivity index (χ3v) is 3.88. The third kappa shape index (κ3) is 5.67. The Morgan fingerprint density at radius 1 is 1.38 bits per heavy atom. The van der Waals surface area contributed by atoms with Crippen LogP contribution in [-0.4, -0.2) is 37.6 Å². The van der Waals surface area contributed by atoms with Crippen molar-refractivity contribution in [3.05, 3.63) is 28.2 Å².